The molecule has 0 aliphatic carbocycles. The Hall–Kier alpha value is -2.69. The molecule has 2 rings (SSSR count). The number of carboxylic acid groups (broad SMARTS) is 1. The maximum atomic E-state index is 12.8. The second-order valence-corrected chi connectivity index (χ2v) is 3.77. The molecule has 0 amide bonds. The van der Waals surface area contributed by atoms with E-state index in [-0.39, 0.29) is 5.82 Å². The highest BCUT2D eigenvalue weighted by atomic mass is 19.1. The number of benzene rings is 1. The fraction of sp³-hybridized carbons (Fsp3) is 0. The molecule has 0 bridgehead atoms. The molecule has 2 aromatic rings. The second-order valence-electron chi connectivity index (χ2n) is 3.77. The van der Waals surface area contributed by atoms with Crippen LogP contribution in [0.3, 0.4) is 0 Å². The third kappa shape index (κ3) is 3.64. The van der Waals surface area contributed by atoms with Crippen LogP contribution >= 0.6 is 0 Å². The van der Waals surface area contributed by atoms with Gasteiger partial charge in [0, 0.05) is 23.5 Å². The number of aromatic nitrogens is 1. The normalized spacial score (nSPS) is 10.6. The fourth-order valence-electron chi connectivity index (χ4n) is 1.50. The van der Waals surface area contributed by atoms with E-state index in [9.17, 15) is 9.18 Å². The maximum Gasteiger partial charge on any atom is 0.328 e. The van der Waals surface area contributed by atoms with Gasteiger partial charge in [-0.3, -0.25) is 4.98 Å². The van der Waals surface area contributed by atoms with Crippen LogP contribution in [0, 0.1) is 5.82 Å². The van der Waals surface area contributed by atoms with Gasteiger partial charge in [-0.25, -0.2) is 9.18 Å². The minimum Gasteiger partial charge on any atom is -0.478 e. The molecule has 0 aliphatic heterocycles. The van der Waals surface area contributed by atoms with E-state index in [4.69, 9.17) is 5.11 Å². The zero-order chi connectivity index (χ0) is 13.7. The average molecular weight is 258 g/mol. The van der Waals surface area contributed by atoms with Gasteiger partial charge in [-0.1, -0.05) is 0 Å². The van der Waals surface area contributed by atoms with E-state index < -0.39 is 5.97 Å². The summed E-state index contributed by atoms with van der Waals surface area (Å²) in [5.74, 6) is -1.34. The number of pyridine rings is 1. The Morgan fingerprint density at radius 2 is 2.00 bits per heavy atom. The number of carbonyl (C=O) groups is 1. The van der Waals surface area contributed by atoms with Crippen LogP contribution in [0.25, 0.3) is 6.08 Å². The first-order chi connectivity index (χ1) is 9.15. The van der Waals surface area contributed by atoms with Crippen molar-refractivity contribution in [1.29, 1.82) is 0 Å². The van der Waals surface area contributed by atoms with Crippen LogP contribution in [-0.2, 0) is 4.79 Å². The number of nitrogens with zero attached hydrogens (tertiary/aromatic N) is 1. The van der Waals surface area contributed by atoms with Gasteiger partial charge in [0.1, 0.15) is 5.82 Å². The lowest BCUT2D eigenvalue weighted by molar-refractivity contribution is -0.131. The van der Waals surface area contributed by atoms with E-state index >= 15 is 0 Å². The van der Waals surface area contributed by atoms with Crippen LogP contribution in [0.1, 0.15) is 5.56 Å². The molecule has 4 nitrogen and oxygen atoms in total. The van der Waals surface area contributed by atoms with Crippen molar-refractivity contribution in [2.75, 3.05) is 5.32 Å². The molecule has 96 valence electrons. The third-order valence-corrected chi connectivity index (χ3v) is 2.38. The third-order valence-electron chi connectivity index (χ3n) is 2.38. The van der Waals surface area contributed by atoms with Gasteiger partial charge in [0.2, 0.25) is 0 Å². The molecule has 0 saturated heterocycles. The molecule has 0 aliphatic rings. The Morgan fingerprint density at radius 3 is 2.68 bits per heavy atom. The molecule has 5 heteroatoms. The zero-order valence-electron chi connectivity index (χ0n) is 9.88. The van der Waals surface area contributed by atoms with Crippen molar-refractivity contribution in [1.82, 2.24) is 4.98 Å². The number of hydrogen-bond acceptors (Lipinski definition) is 3. The highest BCUT2D eigenvalue weighted by Crippen LogP contribution is 2.21. The van der Waals surface area contributed by atoms with Crippen LogP contribution < -0.4 is 5.32 Å². The highest BCUT2D eigenvalue weighted by molar-refractivity contribution is 5.87. The first kappa shape index (κ1) is 12.8. The SMILES string of the molecule is O=C(O)/C=C/c1ccncc1Nc1ccc(F)cc1. The smallest absolute Gasteiger partial charge is 0.328 e. The molecular formula is C14H11FN2O2. The zero-order valence-corrected chi connectivity index (χ0v) is 9.88. The van der Waals surface area contributed by atoms with Crippen molar-refractivity contribution < 1.29 is 14.3 Å². The molecule has 0 spiro atoms. The van der Waals surface area contributed by atoms with Crippen LogP contribution in [0.5, 0.6) is 0 Å². The van der Waals surface area contributed by atoms with Crippen molar-refractivity contribution in [3.8, 4) is 0 Å². The van der Waals surface area contributed by atoms with Gasteiger partial charge in [0.05, 0.1) is 11.9 Å². The minimum absolute atomic E-state index is 0.317. The van der Waals surface area contributed by atoms with Crippen molar-refractivity contribution in [2.45, 2.75) is 0 Å². The van der Waals surface area contributed by atoms with Gasteiger partial charge >= 0.3 is 5.97 Å². The van der Waals surface area contributed by atoms with Crippen molar-refractivity contribution >= 4 is 23.4 Å². The summed E-state index contributed by atoms with van der Waals surface area (Å²) in [6.07, 6.45) is 5.66. The van der Waals surface area contributed by atoms with E-state index in [0.717, 1.165) is 6.08 Å². The maximum absolute atomic E-state index is 12.8. The summed E-state index contributed by atoms with van der Waals surface area (Å²) < 4.78 is 12.8. The van der Waals surface area contributed by atoms with Gasteiger partial charge < -0.3 is 10.4 Å². The van der Waals surface area contributed by atoms with Crippen molar-refractivity contribution in [3.05, 3.63) is 60.2 Å². The Morgan fingerprint density at radius 1 is 1.26 bits per heavy atom. The molecule has 19 heavy (non-hydrogen) atoms. The number of hydrogen-bond donors (Lipinski definition) is 2. The number of rotatable bonds is 4. The quantitative estimate of drug-likeness (QED) is 0.827. The monoisotopic (exact) mass is 258 g/mol. The van der Waals surface area contributed by atoms with E-state index in [1.165, 1.54) is 18.2 Å². The number of anilines is 2. The largest absolute Gasteiger partial charge is 0.478 e. The molecule has 0 atom stereocenters. The minimum atomic E-state index is -1.02. The van der Waals surface area contributed by atoms with Gasteiger partial charge in [0.15, 0.2) is 0 Å². The number of carboxylic acids is 1. The summed E-state index contributed by atoms with van der Waals surface area (Å²) in [5, 5.41) is 11.7. The average Bonchev–Trinajstić information content (AvgIpc) is 2.40. The summed E-state index contributed by atoms with van der Waals surface area (Å²) in [6, 6.07) is 7.54. The van der Waals surface area contributed by atoms with Gasteiger partial charge in [-0.05, 0) is 36.4 Å². The van der Waals surface area contributed by atoms with Gasteiger partial charge in [0.25, 0.3) is 0 Å². The Balaban J connectivity index is 2.24. The van der Waals surface area contributed by atoms with E-state index in [1.807, 2.05) is 0 Å². The standard InChI is InChI=1S/C14H11FN2O2/c15-11-2-4-12(5-3-11)17-13-9-16-8-7-10(13)1-6-14(18)19/h1-9,17H,(H,18,19)/b6-1+. The second kappa shape index (κ2) is 5.77. The number of nitrogens with one attached hydrogen (secondary N) is 1. The molecule has 0 unspecified atom stereocenters. The molecule has 0 radical (unpaired) electrons. The summed E-state index contributed by atoms with van der Waals surface area (Å²) >= 11 is 0. The van der Waals surface area contributed by atoms with Crippen LogP contribution in [0.4, 0.5) is 15.8 Å². The first-order valence-corrected chi connectivity index (χ1v) is 5.53. The lowest BCUT2D eigenvalue weighted by Gasteiger charge is -2.08. The molecule has 1 aromatic heterocycles. The van der Waals surface area contributed by atoms with E-state index in [0.29, 0.717) is 16.9 Å². The highest BCUT2D eigenvalue weighted by Gasteiger charge is 2.01. The lowest BCUT2D eigenvalue weighted by Crippen LogP contribution is -1.94. The molecule has 0 saturated carbocycles. The Kier molecular flexibility index (Phi) is 3.87. The first-order valence-electron chi connectivity index (χ1n) is 5.53. The Bertz CT molecular complexity index is 609. The Labute approximate surface area is 109 Å². The molecule has 1 heterocycles. The number of halogens is 1. The lowest BCUT2D eigenvalue weighted by atomic mass is 10.2. The predicted molar refractivity (Wildman–Crippen MR) is 70.6 cm³/mol. The van der Waals surface area contributed by atoms with E-state index in [1.54, 1.807) is 30.6 Å². The molecule has 0 fully saturated rings. The van der Waals surface area contributed by atoms with Crippen LogP contribution in [0.15, 0.2) is 48.8 Å². The molecular weight excluding hydrogens is 247 g/mol. The molecule has 2 N–H and O–H groups in total. The fourth-order valence-corrected chi connectivity index (χ4v) is 1.50. The predicted octanol–water partition coefficient (Wildman–Crippen LogP) is 3.06. The topological polar surface area (TPSA) is 62.2 Å². The number of aliphatic carboxylic acids is 1. The summed E-state index contributed by atoms with van der Waals surface area (Å²) in [7, 11) is 0. The van der Waals surface area contributed by atoms with Crippen molar-refractivity contribution in [3.63, 3.8) is 0 Å². The van der Waals surface area contributed by atoms with E-state index in [2.05, 4.69) is 10.3 Å². The van der Waals surface area contributed by atoms with Crippen molar-refractivity contribution in [2.24, 2.45) is 0 Å². The van der Waals surface area contributed by atoms with Gasteiger partial charge in [-0.15, -0.1) is 0 Å². The summed E-state index contributed by atoms with van der Waals surface area (Å²) in [5.41, 5.74) is 2.02. The summed E-state index contributed by atoms with van der Waals surface area (Å²) in [6.45, 7) is 0. The van der Waals surface area contributed by atoms with Crippen LogP contribution in [0.2, 0.25) is 0 Å². The van der Waals surface area contributed by atoms with Crippen LogP contribution in [-0.4, -0.2) is 16.1 Å². The molecule has 1 aromatic carbocycles. The van der Waals surface area contributed by atoms with Gasteiger partial charge in [-0.2, -0.15) is 0 Å². The summed E-state index contributed by atoms with van der Waals surface area (Å²) in [4.78, 5) is 14.5.